The highest BCUT2D eigenvalue weighted by molar-refractivity contribution is 5.84. The van der Waals surface area contributed by atoms with Gasteiger partial charge in [-0.2, -0.15) is 0 Å². The maximum Gasteiger partial charge on any atom is 0.128 e. The highest BCUT2D eigenvalue weighted by atomic mass is 16.3. The van der Waals surface area contributed by atoms with Crippen molar-refractivity contribution in [2.75, 3.05) is 6.61 Å². The molecule has 0 bridgehead atoms. The van der Waals surface area contributed by atoms with Crippen LogP contribution in [0.3, 0.4) is 0 Å². The van der Waals surface area contributed by atoms with Gasteiger partial charge in [-0.1, -0.05) is 32.9 Å². The first-order chi connectivity index (χ1) is 7.86. The number of aromatic hydroxyl groups is 1. The highest BCUT2D eigenvalue weighted by Crippen LogP contribution is 2.32. The number of phenolic OH excluding ortho intramolecular Hbond substituents is 1. The first-order valence-corrected chi connectivity index (χ1v) is 5.82. The Bertz CT molecular complexity index is 405. The van der Waals surface area contributed by atoms with Crippen LogP contribution < -0.4 is 0 Å². The van der Waals surface area contributed by atoms with Crippen molar-refractivity contribution >= 4 is 6.21 Å². The van der Waals surface area contributed by atoms with E-state index in [0.29, 0.717) is 5.56 Å². The van der Waals surface area contributed by atoms with Gasteiger partial charge in [-0.15, -0.1) is 0 Å². The van der Waals surface area contributed by atoms with Gasteiger partial charge in [-0.25, -0.2) is 0 Å². The van der Waals surface area contributed by atoms with E-state index in [1.807, 2.05) is 25.1 Å². The third kappa shape index (κ3) is 3.56. The molecule has 0 spiro atoms. The molecule has 0 aliphatic rings. The SMILES string of the molecule is C[C@@H](CO)/N=C/c1cccc(C(C)(C)C)c1O. The second kappa shape index (κ2) is 5.32. The summed E-state index contributed by atoms with van der Waals surface area (Å²) >= 11 is 0. The van der Waals surface area contributed by atoms with E-state index < -0.39 is 0 Å². The lowest BCUT2D eigenvalue weighted by Crippen LogP contribution is -2.12. The van der Waals surface area contributed by atoms with Gasteiger partial charge >= 0.3 is 0 Å². The molecule has 0 aliphatic carbocycles. The summed E-state index contributed by atoms with van der Waals surface area (Å²) in [5.74, 6) is 0.272. The summed E-state index contributed by atoms with van der Waals surface area (Å²) in [6, 6.07) is 5.50. The van der Waals surface area contributed by atoms with Crippen LogP contribution in [0.5, 0.6) is 5.75 Å². The van der Waals surface area contributed by atoms with E-state index in [1.165, 1.54) is 0 Å². The Morgan fingerprint density at radius 3 is 2.53 bits per heavy atom. The molecule has 0 aliphatic heterocycles. The van der Waals surface area contributed by atoms with Gasteiger partial charge in [-0.05, 0) is 24.0 Å². The van der Waals surface area contributed by atoms with Gasteiger partial charge in [0.2, 0.25) is 0 Å². The van der Waals surface area contributed by atoms with E-state index in [0.717, 1.165) is 5.56 Å². The summed E-state index contributed by atoms with van der Waals surface area (Å²) < 4.78 is 0. The predicted molar refractivity (Wildman–Crippen MR) is 70.9 cm³/mol. The molecule has 2 N–H and O–H groups in total. The number of phenols is 1. The van der Waals surface area contributed by atoms with Crippen molar-refractivity contribution in [2.24, 2.45) is 4.99 Å². The number of aliphatic hydroxyl groups is 1. The molecule has 0 aromatic heterocycles. The average Bonchev–Trinajstić information content (AvgIpc) is 2.25. The molecule has 3 nitrogen and oxygen atoms in total. The molecule has 1 atom stereocenters. The Morgan fingerprint density at radius 2 is 2.00 bits per heavy atom. The van der Waals surface area contributed by atoms with Crippen LogP contribution in [0.2, 0.25) is 0 Å². The number of hydrogen-bond acceptors (Lipinski definition) is 3. The lowest BCUT2D eigenvalue weighted by atomic mass is 9.85. The molecular weight excluding hydrogens is 214 g/mol. The fourth-order valence-corrected chi connectivity index (χ4v) is 1.53. The average molecular weight is 235 g/mol. The van der Waals surface area contributed by atoms with Crippen LogP contribution in [0.4, 0.5) is 0 Å². The molecule has 1 rings (SSSR count). The van der Waals surface area contributed by atoms with Crippen LogP contribution in [-0.4, -0.2) is 29.1 Å². The van der Waals surface area contributed by atoms with Crippen LogP contribution in [-0.2, 0) is 5.41 Å². The monoisotopic (exact) mass is 235 g/mol. The second-order valence-electron chi connectivity index (χ2n) is 5.30. The van der Waals surface area contributed by atoms with Crippen LogP contribution >= 0.6 is 0 Å². The Morgan fingerprint density at radius 1 is 1.35 bits per heavy atom. The van der Waals surface area contributed by atoms with Gasteiger partial charge in [0.25, 0.3) is 0 Å². The molecule has 0 radical (unpaired) electrons. The quantitative estimate of drug-likeness (QED) is 0.791. The van der Waals surface area contributed by atoms with Crippen LogP contribution in [0.25, 0.3) is 0 Å². The van der Waals surface area contributed by atoms with E-state index >= 15 is 0 Å². The lowest BCUT2D eigenvalue weighted by Gasteiger charge is -2.21. The Hall–Kier alpha value is -1.35. The van der Waals surface area contributed by atoms with Crippen LogP contribution in [0, 0.1) is 0 Å². The largest absolute Gasteiger partial charge is 0.507 e. The molecule has 0 saturated heterocycles. The van der Waals surface area contributed by atoms with E-state index in [1.54, 1.807) is 6.21 Å². The molecule has 0 amide bonds. The molecule has 0 saturated carbocycles. The fraction of sp³-hybridized carbons (Fsp3) is 0.500. The zero-order valence-corrected chi connectivity index (χ0v) is 10.9. The number of benzene rings is 1. The maximum atomic E-state index is 10.2. The minimum atomic E-state index is -0.146. The molecule has 0 unspecified atom stereocenters. The number of rotatable bonds is 3. The van der Waals surface area contributed by atoms with Crippen LogP contribution in [0.15, 0.2) is 23.2 Å². The second-order valence-corrected chi connectivity index (χ2v) is 5.30. The number of nitrogens with zero attached hydrogens (tertiary/aromatic N) is 1. The van der Waals surface area contributed by atoms with Gasteiger partial charge in [0.05, 0.1) is 12.6 Å². The van der Waals surface area contributed by atoms with Crippen molar-refractivity contribution in [2.45, 2.75) is 39.2 Å². The Labute approximate surface area is 103 Å². The van der Waals surface area contributed by atoms with Gasteiger partial charge < -0.3 is 10.2 Å². The molecule has 1 aromatic rings. The number of para-hydroxylation sites is 1. The summed E-state index contributed by atoms with van der Waals surface area (Å²) in [4.78, 5) is 4.16. The van der Waals surface area contributed by atoms with E-state index in [-0.39, 0.29) is 23.8 Å². The third-order valence-electron chi connectivity index (χ3n) is 2.61. The highest BCUT2D eigenvalue weighted by Gasteiger charge is 2.19. The number of hydrogen-bond donors (Lipinski definition) is 2. The van der Waals surface area contributed by atoms with E-state index in [9.17, 15) is 5.11 Å². The zero-order chi connectivity index (χ0) is 13.1. The summed E-state index contributed by atoms with van der Waals surface area (Å²) in [5, 5.41) is 19.0. The first-order valence-electron chi connectivity index (χ1n) is 5.82. The third-order valence-corrected chi connectivity index (χ3v) is 2.61. The standard InChI is InChI=1S/C14H21NO2/c1-10(9-16)15-8-11-6-5-7-12(13(11)17)14(2,3)4/h5-8,10,16-17H,9H2,1-4H3/b15-8+/t10-/m0/s1. The molecule has 1 aromatic carbocycles. The predicted octanol–water partition coefficient (Wildman–Crippen LogP) is 2.49. The molecule has 94 valence electrons. The zero-order valence-electron chi connectivity index (χ0n) is 10.9. The summed E-state index contributed by atoms with van der Waals surface area (Å²) in [6.45, 7) is 8.00. The Kier molecular flexibility index (Phi) is 4.29. The molecule has 0 fully saturated rings. The number of aliphatic hydroxyl groups excluding tert-OH is 1. The molecule has 3 heteroatoms. The van der Waals surface area contributed by atoms with Gasteiger partial charge in [0.1, 0.15) is 5.75 Å². The van der Waals surface area contributed by atoms with E-state index in [4.69, 9.17) is 5.11 Å². The molecule has 17 heavy (non-hydrogen) atoms. The van der Waals surface area contributed by atoms with E-state index in [2.05, 4.69) is 25.8 Å². The minimum absolute atomic E-state index is 0.0101. The van der Waals surface area contributed by atoms with Crippen molar-refractivity contribution in [3.8, 4) is 5.75 Å². The van der Waals surface area contributed by atoms with Crippen molar-refractivity contribution in [1.82, 2.24) is 0 Å². The smallest absolute Gasteiger partial charge is 0.128 e. The van der Waals surface area contributed by atoms with Crippen molar-refractivity contribution < 1.29 is 10.2 Å². The summed E-state index contributed by atoms with van der Waals surface area (Å²) in [6.07, 6.45) is 1.62. The Balaban J connectivity index is 3.07. The fourth-order valence-electron chi connectivity index (χ4n) is 1.53. The first kappa shape index (κ1) is 13.7. The van der Waals surface area contributed by atoms with Crippen molar-refractivity contribution in [3.05, 3.63) is 29.3 Å². The van der Waals surface area contributed by atoms with Crippen LogP contribution in [0.1, 0.15) is 38.8 Å². The summed E-state index contributed by atoms with van der Waals surface area (Å²) in [7, 11) is 0. The lowest BCUT2D eigenvalue weighted by molar-refractivity contribution is 0.275. The van der Waals surface area contributed by atoms with Gasteiger partial charge in [0, 0.05) is 11.8 Å². The summed E-state index contributed by atoms with van der Waals surface area (Å²) in [5.41, 5.74) is 1.49. The van der Waals surface area contributed by atoms with Crippen molar-refractivity contribution in [1.29, 1.82) is 0 Å². The van der Waals surface area contributed by atoms with Gasteiger partial charge in [0.15, 0.2) is 0 Å². The maximum absolute atomic E-state index is 10.2. The number of aliphatic imine (C=N–C) groups is 1. The minimum Gasteiger partial charge on any atom is -0.507 e. The topological polar surface area (TPSA) is 52.8 Å². The molecule has 0 heterocycles. The molecular formula is C14H21NO2. The normalized spacial score (nSPS) is 14.2. The van der Waals surface area contributed by atoms with Crippen molar-refractivity contribution in [3.63, 3.8) is 0 Å². The van der Waals surface area contributed by atoms with Gasteiger partial charge in [-0.3, -0.25) is 4.99 Å².